The van der Waals surface area contributed by atoms with Crippen LogP contribution in [0.25, 0.3) is 0 Å². The molecule has 0 aliphatic carbocycles. The van der Waals surface area contributed by atoms with E-state index in [2.05, 4.69) is 5.32 Å². The summed E-state index contributed by atoms with van der Waals surface area (Å²) in [6, 6.07) is 10.3. The molecule has 0 saturated carbocycles. The lowest BCUT2D eigenvalue weighted by Crippen LogP contribution is -2.28. The Balaban J connectivity index is 1.75. The number of halogens is 2. The molecule has 3 amide bonds. The second kappa shape index (κ2) is 7.13. The highest BCUT2D eigenvalue weighted by molar-refractivity contribution is 6.31. The normalized spacial score (nSPS) is 16.6. The molecule has 3 rings (SSSR count). The van der Waals surface area contributed by atoms with Crippen LogP contribution in [0.3, 0.4) is 0 Å². The van der Waals surface area contributed by atoms with Crippen molar-refractivity contribution in [3.8, 4) is 0 Å². The van der Waals surface area contributed by atoms with Crippen LogP contribution in [0.5, 0.6) is 0 Å². The molecule has 0 aromatic heterocycles. The lowest BCUT2D eigenvalue weighted by molar-refractivity contribution is -0.122. The molecule has 0 radical (unpaired) electrons. The van der Waals surface area contributed by atoms with Crippen LogP contribution in [0, 0.1) is 11.7 Å². The van der Waals surface area contributed by atoms with Gasteiger partial charge in [0, 0.05) is 18.7 Å². The summed E-state index contributed by atoms with van der Waals surface area (Å²) < 4.78 is 13.3. The van der Waals surface area contributed by atoms with Crippen LogP contribution in [0.4, 0.5) is 15.8 Å². The summed E-state index contributed by atoms with van der Waals surface area (Å²) in [5.74, 6) is -2.53. The third-order valence-electron chi connectivity index (χ3n) is 4.16. The highest BCUT2D eigenvalue weighted by atomic mass is 35.5. The molecule has 0 bridgehead atoms. The number of primary amides is 1. The first-order chi connectivity index (χ1) is 12.4. The Morgan fingerprint density at radius 2 is 1.96 bits per heavy atom. The van der Waals surface area contributed by atoms with Crippen molar-refractivity contribution in [1.29, 1.82) is 0 Å². The number of hydrogen-bond donors (Lipinski definition) is 2. The van der Waals surface area contributed by atoms with E-state index in [4.69, 9.17) is 17.3 Å². The number of para-hydroxylation sites is 1. The molecule has 1 heterocycles. The van der Waals surface area contributed by atoms with Gasteiger partial charge in [-0.1, -0.05) is 23.7 Å². The van der Waals surface area contributed by atoms with Crippen molar-refractivity contribution >= 4 is 40.7 Å². The molecule has 3 N–H and O–H groups in total. The third-order valence-corrected chi connectivity index (χ3v) is 4.45. The van der Waals surface area contributed by atoms with E-state index < -0.39 is 23.5 Å². The smallest absolute Gasteiger partial charge is 0.250 e. The molecule has 1 fully saturated rings. The Morgan fingerprint density at radius 1 is 1.23 bits per heavy atom. The van der Waals surface area contributed by atoms with Crippen molar-refractivity contribution in [3.05, 3.63) is 58.9 Å². The number of benzene rings is 2. The molecule has 134 valence electrons. The van der Waals surface area contributed by atoms with Crippen LogP contribution >= 0.6 is 11.6 Å². The first-order valence-corrected chi connectivity index (χ1v) is 8.19. The minimum Gasteiger partial charge on any atom is -0.366 e. The van der Waals surface area contributed by atoms with Gasteiger partial charge in [-0.2, -0.15) is 0 Å². The van der Waals surface area contributed by atoms with E-state index in [1.165, 1.54) is 29.2 Å². The summed E-state index contributed by atoms with van der Waals surface area (Å²) in [4.78, 5) is 37.6. The minimum absolute atomic E-state index is 0.000429. The predicted molar refractivity (Wildman–Crippen MR) is 95.5 cm³/mol. The van der Waals surface area contributed by atoms with E-state index in [1.807, 2.05) is 0 Å². The van der Waals surface area contributed by atoms with Crippen molar-refractivity contribution in [3.63, 3.8) is 0 Å². The summed E-state index contributed by atoms with van der Waals surface area (Å²) in [7, 11) is 0. The molecule has 1 aliphatic heterocycles. The number of anilines is 2. The molecule has 8 heteroatoms. The van der Waals surface area contributed by atoms with Gasteiger partial charge in [0.1, 0.15) is 5.82 Å². The van der Waals surface area contributed by atoms with E-state index in [9.17, 15) is 18.8 Å². The maximum absolute atomic E-state index is 13.3. The van der Waals surface area contributed by atoms with E-state index in [0.717, 1.165) is 0 Å². The average molecular weight is 376 g/mol. The molecule has 6 nitrogen and oxygen atoms in total. The van der Waals surface area contributed by atoms with Gasteiger partial charge in [-0.15, -0.1) is 0 Å². The standard InChI is InChI=1S/C18H15ClFN3O3/c19-13-8-11(5-6-14(13)20)23-9-10(7-16(23)24)18(26)22-15-4-2-1-3-12(15)17(21)25/h1-6,8,10H,7,9H2,(H2,21,25)(H,22,26). The van der Waals surface area contributed by atoms with Gasteiger partial charge in [0.2, 0.25) is 11.8 Å². The first-order valence-electron chi connectivity index (χ1n) is 7.82. The number of rotatable bonds is 4. The Labute approximate surface area is 153 Å². The SMILES string of the molecule is NC(=O)c1ccccc1NC(=O)C1CC(=O)N(c2ccc(F)c(Cl)c2)C1. The van der Waals surface area contributed by atoms with Crippen molar-refractivity contribution in [2.45, 2.75) is 6.42 Å². The van der Waals surface area contributed by atoms with Gasteiger partial charge in [0.15, 0.2) is 0 Å². The number of carbonyl (C=O) groups excluding carboxylic acids is 3. The fourth-order valence-electron chi connectivity index (χ4n) is 2.83. The lowest BCUT2D eigenvalue weighted by atomic mass is 10.1. The van der Waals surface area contributed by atoms with E-state index >= 15 is 0 Å². The number of amides is 3. The van der Waals surface area contributed by atoms with Gasteiger partial charge in [-0.25, -0.2) is 4.39 Å². The van der Waals surface area contributed by atoms with Crippen LogP contribution in [0.1, 0.15) is 16.8 Å². The topological polar surface area (TPSA) is 92.5 Å². The Hall–Kier alpha value is -2.93. The molecular weight excluding hydrogens is 361 g/mol. The van der Waals surface area contributed by atoms with Crippen LogP contribution in [-0.4, -0.2) is 24.3 Å². The largest absolute Gasteiger partial charge is 0.366 e. The number of nitrogens with one attached hydrogen (secondary N) is 1. The maximum Gasteiger partial charge on any atom is 0.250 e. The van der Waals surface area contributed by atoms with Crippen molar-refractivity contribution in [2.24, 2.45) is 11.7 Å². The molecule has 1 saturated heterocycles. The first kappa shape index (κ1) is 17.9. The van der Waals surface area contributed by atoms with Crippen LogP contribution in [0.2, 0.25) is 5.02 Å². The molecule has 1 atom stereocenters. The molecule has 2 aromatic rings. The van der Waals surface area contributed by atoms with Gasteiger partial charge in [0.25, 0.3) is 5.91 Å². The highest BCUT2D eigenvalue weighted by Gasteiger charge is 2.35. The second-order valence-electron chi connectivity index (χ2n) is 5.90. The quantitative estimate of drug-likeness (QED) is 0.860. The fraction of sp³-hybridized carbons (Fsp3) is 0.167. The van der Waals surface area contributed by atoms with Gasteiger partial charge in [0.05, 0.1) is 22.2 Å². The number of hydrogen-bond acceptors (Lipinski definition) is 3. The van der Waals surface area contributed by atoms with Crippen LogP contribution < -0.4 is 16.0 Å². The van der Waals surface area contributed by atoms with E-state index in [0.29, 0.717) is 11.4 Å². The average Bonchev–Trinajstić information content (AvgIpc) is 2.99. The van der Waals surface area contributed by atoms with E-state index in [1.54, 1.807) is 18.2 Å². The summed E-state index contributed by atoms with van der Waals surface area (Å²) in [6.45, 7) is 0.130. The zero-order valence-corrected chi connectivity index (χ0v) is 14.3. The van der Waals surface area contributed by atoms with Crippen LogP contribution in [0.15, 0.2) is 42.5 Å². The highest BCUT2D eigenvalue weighted by Crippen LogP contribution is 2.29. The Kier molecular flexibility index (Phi) is 4.90. The molecule has 1 unspecified atom stereocenters. The second-order valence-corrected chi connectivity index (χ2v) is 6.31. The molecular formula is C18H15ClFN3O3. The van der Waals surface area contributed by atoms with Crippen molar-refractivity contribution < 1.29 is 18.8 Å². The van der Waals surface area contributed by atoms with Gasteiger partial charge < -0.3 is 16.0 Å². The molecule has 2 aromatic carbocycles. The third kappa shape index (κ3) is 3.52. The van der Waals surface area contributed by atoms with Gasteiger partial charge >= 0.3 is 0 Å². The van der Waals surface area contributed by atoms with Gasteiger partial charge in [-0.3, -0.25) is 14.4 Å². The minimum atomic E-state index is -0.661. The zero-order chi connectivity index (χ0) is 18.8. The van der Waals surface area contributed by atoms with Crippen molar-refractivity contribution in [2.75, 3.05) is 16.8 Å². The monoisotopic (exact) mass is 375 g/mol. The van der Waals surface area contributed by atoms with E-state index in [-0.39, 0.29) is 29.5 Å². The summed E-state index contributed by atoms with van der Waals surface area (Å²) in [5, 5.41) is 2.54. The Bertz CT molecular complexity index is 903. The number of nitrogens with zero attached hydrogens (tertiary/aromatic N) is 1. The Morgan fingerprint density at radius 3 is 2.65 bits per heavy atom. The zero-order valence-electron chi connectivity index (χ0n) is 13.5. The lowest BCUT2D eigenvalue weighted by Gasteiger charge is -2.17. The summed E-state index contributed by atoms with van der Waals surface area (Å²) >= 11 is 5.76. The summed E-state index contributed by atoms with van der Waals surface area (Å²) in [5.41, 5.74) is 6.20. The van der Waals surface area contributed by atoms with Gasteiger partial charge in [-0.05, 0) is 30.3 Å². The molecule has 0 spiro atoms. The fourth-order valence-corrected chi connectivity index (χ4v) is 3.00. The predicted octanol–water partition coefficient (Wildman–Crippen LogP) is 2.57. The van der Waals surface area contributed by atoms with Crippen molar-refractivity contribution in [1.82, 2.24) is 0 Å². The number of nitrogens with two attached hydrogens (primary N) is 1. The number of carbonyl (C=O) groups is 3. The maximum atomic E-state index is 13.3. The summed E-state index contributed by atoms with van der Waals surface area (Å²) in [6.07, 6.45) is -0.000429. The van der Waals surface area contributed by atoms with Crippen LogP contribution in [-0.2, 0) is 9.59 Å². The molecule has 26 heavy (non-hydrogen) atoms. The molecule has 1 aliphatic rings.